The van der Waals surface area contributed by atoms with Gasteiger partial charge < -0.3 is 40.1 Å². The number of rotatable bonds is 4. The van der Waals surface area contributed by atoms with Crippen LogP contribution in [0.25, 0.3) is 0 Å². The van der Waals surface area contributed by atoms with Gasteiger partial charge in [0.1, 0.15) is 24.4 Å². The lowest BCUT2D eigenvalue weighted by Gasteiger charge is -2.63. The summed E-state index contributed by atoms with van der Waals surface area (Å²) in [6.45, 7) is 3.44. The number of aliphatic hydroxyl groups is 6. The van der Waals surface area contributed by atoms with Gasteiger partial charge in [-0.25, -0.2) is 0 Å². The topological polar surface area (TPSA) is 157 Å². The third-order valence-electron chi connectivity index (χ3n) is 11.1. The maximum Gasteiger partial charge on any atom is 0.314 e. The van der Waals surface area contributed by atoms with Crippen LogP contribution in [0.5, 0.6) is 0 Å². The first-order valence-electron chi connectivity index (χ1n) is 13.3. The highest BCUT2D eigenvalue weighted by atomic mass is 16.7. The second-order valence-corrected chi connectivity index (χ2v) is 12.8. The van der Waals surface area contributed by atoms with E-state index in [1.54, 1.807) is 0 Å². The van der Waals surface area contributed by atoms with Gasteiger partial charge in [-0.05, 0) is 86.9 Å². The lowest BCUT2D eigenvalue weighted by Crippen LogP contribution is -2.61. The van der Waals surface area contributed by atoms with Gasteiger partial charge in [0.15, 0.2) is 0 Å². The number of hydrogen-bond donors (Lipinski definition) is 6. The second-order valence-electron chi connectivity index (χ2n) is 12.8. The molecule has 9 heteroatoms. The van der Waals surface area contributed by atoms with Crippen molar-refractivity contribution >= 4 is 5.97 Å². The summed E-state index contributed by atoms with van der Waals surface area (Å²) < 4.78 is 11.1. The van der Waals surface area contributed by atoms with Gasteiger partial charge in [-0.3, -0.25) is 4.79 Å². The van der Waals surface area contributed by atoms with Gasteiger partial charge >= 0.3 is 5.97 Å². The summed E-state index contributed by atoms with van der Waals surface area (Å²) in [6, 6.07) is 0. The zero-order chi connectivity index (χ0) is 25.4. The fourth-order valence-corrected chi connectivity index (χ4v) is 9.46. The van der Waals surface area contributed by atoms with Gasteiger partial charge in [-0.2, -0.15) is 0 Å². The van der Waals surface area contributed by atoms with Gasteiger partial charge in [0.2, 0.25) is 6.29 Å². The van der Waals surface area contributed by atoms with E-state index in [-0.39, 0.29) is 29.3 Å². The highest BCUT2D eigenvalue weighted by Gasteiger charge is 2.68. The van der Waals surface area contributed by atoms with Crippen LogP contribution in [0.3, 0.4) is 0 Å². The summed E-state index contributed by atoms with van der Waals surface area (Å²) in [6.07, 6.45) is 0.327. The molecule has 12 atom stereocenters. The van der Waals surface area contributed by atoms with Crippen LogP contribution in [0.1, 0.15) is 71.6 Å². The number of carbonyl (C=O) groups excluding carboxylic acids is 1. The molecule has 0 aromatic carbocycles. The average molecular weight is 499 g/mol. The minimum absolute atomic E-state index is 0.00886. The van der Waals surface area contributed by atoms with E-state index in [9.17, 15) is 35.4 Å². The van der Waals surface area contributed by atoms with Crippen LogP contribution >= 0.6 is 0 Å². The standard InChI is InChI=1S/C26H42O9/c1-23-7-3-8-24(2,22(32)35-21-20(31)19(30)18(29)15(11-27)34-21)16(23)6-9-25-10-14(4-5-17(23)25)26(33,12-25)13-28/h14-21,27-31,33H,3-13H2,1-2H3/t14-,15+,16-,17-,18+,19-,20+,21-,23+,24-,25-,26-/m0/s1. The average Bonchev–Trinajstić information content (AvgIpc) is 3.04. The summed E-state index contributed by atoms with van der Waals surface area (Å²) in [5, 5.41) is 61.1. The van der Waals surface area contributed by atoms with Crippen LogP contribution in [0.4, 0.5) is 0 Å². The molecule has 0 unspecified atom stereocenters. The predicted octanol–water partition coefficient (Wildman–Crippen LogP) is 0.466. The molecule has 1 spiro atoms. The Bertz CT molecular complexity index is 836. The zero-order valence-corrected chi connectivity index (χ0v) is 20.8. The fraction of sp³-hybridized carbons (Fsp3) is 0.962. The molecule has 4 aliphatic carbocycles. The van der Waals surface area contributed by atoms with Crippen molar-refractivity contribution in [2.45, 2.75) is 108 Å². The van der Waals surface area contributed by atoms with E-state index in [2.05, 4.69) is 6.92 Å². The first kappa shape index (κ1) is 25.8. The van der Waals surface area contributed by atoms with Gasteiger partial charge in [-0.1, -0.05) is 13.3 Å². The number of fused-ring (bicyclic) bond motifs is 3. The number of hydrogen-bond acceptors (Lipinski definition) is 9. The van der Waals surface area contributed by atoms with Crippen molar-refractivity contribution < 1.29 is 44.9 Å². The van der Waals surface area contributed by atoms with E-state index in [4.69, 9.17) is 9.47 Å². The Morgan fingerprint density at radius 2 is 1.71 bits per heavy atom. The summed E-state index contributed by atoms with van der Waals surface area (Å²) in [5.74, 6) is 0.0529. The number of ether oxygens (including phenoxy) is 2. The zero-order valence-electron chi connectivity index (χ0n) is 20.8. The first-order chi connectivity index (χ1) is 16.4. The molecule has 5 rings (SSSR count). The van der Waals surface area contributed by atoms with Crippen molar-refractivity contribution in [2.24, 2.45) is 34.0 Å². The van der Waals surface area contributed by atoms with Crippen LogP contribution in [0, 0.1) is 34.0 Å². The van der Waals surface area contributed by atoms with Crippen LogP contribution < -0.4 is 0 Å². The van der Waals surface area contributed by atoms with E-state index < -0.39 is 54.3 Å². The van der Waals surface area contributed by atoms with E-state index in [1.165, 1.54) is 0 Å². The van der Waals surface area contributed by atoms with Gasteiger partial charge in [0.25, 0.3) is 0 Å². The normalized spacial score (nSPS) is 55.7. The van der Waals surface area contributed by atoms with Crippen molar-refractivity contribution in [3.63, 3.8) is 0 Å². The molecule has 0 aromatic heterocycles. The van der Waals surface area contributed by atoms with E-state index in [1.807, 2.05) is 6.92 Å². The Kier molecular flexibility index (Phi) is 6.35. The maximum atomic E-state index is 13.7. The predicted molar refractivity (Wildman–Crippen MR) is 123 cm³/mol. The molecular weight excluding hydrogens is 456 g/mol. The molecule has 200 valence electrons. The van der Waals surface area contributed by atoms with E-state index in [0.717, 1.165) is 44.9 Å². The molecule has 5 fully saturated rings. The molecule has 1 saturated heterocycles. The summed E-state index contributed by atoms with van der Waals surface area (Å²) in [5.41, 5.74) is -1.94. The SMILES string of the molecule is C[C@@]12CCC[C@](C)(C(=O)O[C@@H]3O[C@H](CO)[C@@H](O)[C@H](O)[C@H]3O)[C@H]1CC[C@@]13C[C@H](CC[C@H]12)[C@@](O)(CO)C3. The molecule has 0 aromatic rings. The summed E-state index contributed by atoms with van der Waals surface area (Å²) in [7, 11) is 0. The number of aliphatic hydroxyl groups excluding tert-OH is 5. The van der Waals surface area contributed by atoms with Crippen molar-refractivity contribution in [2.75, 3.05) is 13.2 Å². The lowest BCUT2D eigenvalue weighted by atomic mass is 9.41. The Morgan fingerprint density at radius 1 is 0.971 bits per heavy atom. The molecule has 0 amide bonds. The Hall–Kier alpha value is -0.810. The van der Waals surface area contributed by atoms with Crippen molar-refractivity contribution in [1.82, 2.24) is 0 Å². The fourth-order valence-electron chi connectivity index (χ4n) is 9.46. The number of esters is 1. The van der Waals surface area contributed by atoms with Gasteiger partial charge in [-0.15, -0.1) is 0 Å². The third-order valence-corrected chi connectivity index (χ3v) is 11.1. The molecule has 35 heavy (non-hydrogen) atoms. The highest BCUT2D eigenvalue weighted by Crippen LogP contribution is 2.73. The van der Waals surface area contributed by atoms with Crippen LogP contribution in [0.2, 0.25) is 0 Å². The molecule has 1 aliphatic heterocycles. The molecule has 6 N–H and O–H groups in total. The Balaban J connectivity index is 1.38. The maximum absolute atomic E-state index is 13.7. The highest BCUT2D eigenvalue weighted by molar-refractivity contribution is 5.77. The van der Waals surface area contributed by atoms with Crippen LogP contribution in [-0.4, -0.2) is 86.1 Å². The minimum Gasteiger partial charge on any atom is -0.432 e. The lowest BCUT2D eigenvalue weighted by molar-refractivity contribution is -0.298. The van der Waals surface area contributed by atoms with Gasteiger partial charge in [0, 0.05) is 0 Å². The molecule has 4 saturated carbocycles. The third kappa shape index (κ3) is 3.64. The molecule has 1 heterocycles. The molecular formula is C26H42O9. The summed E-state index contributed by atoms with van der Waals surface area (Å²) in [4.78, 5) is 13.7. The second kappa shape index (κ2) is 8.61. The Labute approximate surface area is 206 Å². The molecule has 0 radical (unpaired) electrons. The smallest absolute Gasteiger partial charge is 0.314 e. The Morgan fingerprint density at radius 3 is 2.40 bits per heavy atom. The van der Waals surface area contributed by atoms with E-state index in [0.29, 0.717) is 18.8 Å². The number of carbonyl (C=O) groups is 1. The molecule has 2 bridgehead atoms. The molecule has 5 aliphatic rings. The summed E-state index contributed by atoms with van der Waals surface area (Å²) >= 11 is 0. The largest absolute Gasteiger partial charge is 0.432 e. The minimum atomic E-state index is -1.62. The van der Waals surface area contributed by atoms with Crippen molar-refractivity contribution in [3.8, 4) is 0 Å². The van der Waals surface area contributed by atoms with Crippen LogP contribution in [-0.2, 0) is 14.3 Å². The van der Waals surface area contributed by atoms with Crippen LogP contribution in [0.15, 0.2) is 0 Å². The van der Waals surface area contributed by atoms with Crippen molar-refractivity contribution in [3.05, 3.63) is 0 Å². The van der Waals surface area contributed by atoms with E-state index >= 15 is 0 Å². The first-order valence-corrected chi connectivity index (χ1v) is 13.3. The quantitative estimate of drug-likeness (QED) is 0.303. The molecule has 9 nitrogen and oxygen atoms in total. The van der Waals surface area contributed by atoms with Crippen molar-refractivity contribution in [1.29, 1.82) is 0 Å². The monoisotopic (exact) mass is 498 g/mol. The van der Waals surface area contributed by atoms with Gasteiger partial charge in [0.05, 0.1) is 24.2 Å².